The molecule has 0 fully saturated rings. The van der Waals surface area contributed by atoms with Crippen molar-refractivity contribution < 1.29 is 4.84 Å². The summed E-state index contributed by atoms with van der Waals surface area (Å²) in [5.41, 5.74) is 0. The van der Waals surface area contributed by atoms with Gasteiger partial charge < -0.3 is 0 Å². The van der Waals surface area contributed by atoms with Crippen molar-refractivity contribution in [2.75, 3.05) is 7.05 Å². The summed E-state index contributed by atoms with van der Waals surface area (Å²) >= 11 is 0. The van der Waals surface area contributed by atoms with E-state index in [1.54, 1.807) is 7.05 Å². The van der Waals surface area contributed by atoms with Crippen molar-refractivity contribution in [3.8, 4) is 0 Å². The monoisotopic (exact) mass is 104 g/mol. The summed E-state index contributed by atoms with van der Waals surface area (Å²) in [6, 6.07) is 0. The van der Waals surface area contributed by atoms with Crippen LogP contribution in [0.3, 0.4) is 0 Å². The number of nitrogens with zero attached hydrogens (tertiary/aromatic N) is 1. The Hall–Kier alpha value is -0.120. The molecule has 2 N–H and O–H groups in total. The van der Waals surface area contributed by atoms with Crippen LogP contribution in [0.1, 0.15) is 13.8 Å². The summed E-state index contributed by atoms with van der Waals surface area (Å²) in [5, 5.41) is 1.20. The molecule has 3 heteroatoms. The molecule has 0 aromatic rings. The number of hydrogen-bond acceptors (Lipinski definition) is 3. The first-order valence-electron chi connectivity index (χ1n) is 2.28. The second-order valence-electron chi connectivity index (χ2n) is 1.70. The Morgan fingerprint density at radius 3 is 2.00 bits per heavy atom. The highest BCUT2D eigenvalue weighted by Crippen LogP contribution is 1.84. The van der Waals surface area contributed by atoms with Gasteiger partial charge in [0.05, 0.1) is 6.10 Å². The lowest BCUT2D eigenvalue weighted by molar-refractivity contribution is -0.172. The lowest BCUT2D eigenvalue weighted by Gasteiger charge is -2.11. The smallest absolute Gasteiger partial charge is 0.0753 e. The van der Waals surface area contributed by atoms with E-state index in [1.165, 1.54) is 5.17 Å². The fraction of sp³-hybridized carbons (Fsp3) is 1.00. The number of rotatable bonds is 2. The minimum Gasteiger partial charge on any atom is -0.282 e. The minimum absolute atomic E-state index is 0.176. The van der Waals surface area contributed by atoms with Gasteiger partial charge in [-0.25, -0.2) is 5.84 Å². The van der Waals surface area contributed by atoms with Gasteiger partial charge in [-0.05, 0) is 13.8 Å². The quantitative estimate of drug-likeness (QED) is 0.400. The van der Waals surface area contributed by atoms with Crippen LogP contribution in [0.4, 0.5) is 0 Å². The first-order valence-corrected chi connectivity index (χ1v) is 2.28. The van der Waals surface area contributed by atoms with Crippen LogP contribution in [0.15, 0.2) is 0 Å². The van der Waals surface area contributed by atoms with Crippen molar-refractivity contribution in [3.63, 3.8) is 0 Å². The molecule has 0 aliphatic heterocycles. The summed E-state index contributed by atoms with van der Waals surface area (Å²) in [6.45, 7) is 3.84. The van der Waals surface area contributed by atoms with E-state index in [0.717, 1.165) is 0 Å². The van der Waals surface area contributed by atoms with E-state index in [-0.39, 0.29) is 6.10 Å². The second-order valence-corrected chi connectivity index (χ2v) is 1.70. The highest BCUT2D eigenvalue weighted by Gasteiger charge is 1.91. The average Bonchev–Trinajstić information content (AvgIpc) is 1.27. The molecule has 0 radical (unpaired) electrons. The van der Waals surface area contributed by atoms with Gasteiger partial charge in [0.25, 0.3) is 0 Å². The van der Waals surface area contributed by atoms with Crippen molar-refractivity contribution in [3.05, 3.63) is 0 Å². The fourth-order valence-electron chi connectivity index (χ4n) is 0.333. The first-order chi connectivity index (χ1) is 3.13. The molecule has 0 saturated heterocycles. The van der Waals surface area contributed by atoms with Crippen LogP contribution in [-0.2, 0) is 4.84 Å². The summed E-state index contributed by atoms with van der Waals surface area (Å²) in [7, 11) is 1.65. The maximum Gasteiger partial charge on any atom is 0.0753 e. The van der Waals surface area contributed by atoms with Gasteiger partial charge in [-0.2, -0.15) is 0 Å². The normalized spacial score (nSPS) is 11.1. The Morgan fingerprint density at radius 1 is 1.57 bits per heavy atom. The first kappa shape index (κ1) is 6.88. The largest absolute Gasteiger partial charge is 0.282 e. The molecule has 0 aromatic heterocycles. The predicted octanol–water partition coefficient (Wildman–Crippen LogP) is 0.132. The molecule has 7 heavy (non-hydrogen) atoms. The molecule has 44 valence electrons. The third-order valence-corrected chi connectivity index (χ3v) is 0.377. The molecule has 3 nitrogen and oxygen atoms in total. The van der Waals surface area contributed by atoms with E-state index in [2.05, 4.69) is 0 Å². The SMILES string of the molecule is CC(C)ON(C)N. The molecule has 0 spiro atoms. The maximum absolute atomic E-state index is 5.10. The zero-order chi connectivity index (χ0) is 5.86. The Balaban J connectivity index is 2.95. The summed E-state index contributed by atoms with van der Waals surface area (Å²) in [5.74, 6) is 5.10. The van der Waals surface area contributed by atoms with Crippen molar-refractivity contribution in [2.45, 2.75) is 20.0 Å². The molecule has 0 amide bonds. The van der Waals surface area contributed by atoms with Crippen molar-refractivity contribution in [1.82, 2.24) is 5.17 Å². The fourth-order valence-corrected chi connectivity index (χ4v) is 0.333. The van der Waals surface area contributed by atoms with E-state index < -0.39 is 0 Å². The number of hydrazine groups is 1. The number of hydrogen-bond donors (Lipinski definition) is 1. The molecule has 0 aliphatic rings. The molecule has 0 heterocycles. The van der Waals surface area contributed by atoms with E-state index >= 15 is 0 Å². The van der Waals surface area contributed by atoms with Gasteiger partial charge in [0, 0.05) is 7.05 Å². The Bertz CT molecular complexity index is 39.0. The van der Waals surface area contributed by atoms with Crippen LogP contribution >= 0.6 is 0 Å². The number of nitrogens with two attached hydrogens (primary N) is 1. The van der Waals surface area contributed by atoms with Crippen molar-refractivity contribution in [1.29, 1.82) is 0 Å². The topological polar surface area (TPSA) is 38.5 Å². The average molecular weight is 104 g/mol. The molecule has 0 rings (SSSR count). The van der Waals surface area contributed by atoms with Gasteiger partial charge in [-0.3, -0.25) is 4.84 Å². The molecular weight excluding hydrogens is 92.1 g/mol. The Labute approximate surface area is 44.0 Å². The van der Waals surface area contributed by atoms with Gasteiger partial charge in [-0.15, -0.1) is 5.17 Å². The summed E-state index contributed by atoms with van der Waals surface area (Å²) < 4.78 is 0. The van der Waals surface area contributed by atoms with Crippen LogP contribution in [0.5, 0.6) is 0 Å². The molecule has 0 aromatic carbocycles. The zero-order valence-corrected chi connectivity index (χ0v) is 5.01. The third kappa shape index (κ3) is 5.88. The van der Waals surface area contributed by atoms with Crippen molar-refractivity contribution >= 4 is 0 Å². The summed E-state index contributed by atoms with van der Waals surface area (Å²) in [4.78, 5) is 4.86. The predicted molar refractivity (Wildman–Crippen MR) is 28.2 cm³/mol. The van der Waals surface area contributed by atoms with Crippen molar-refractivity contribution in [2.24, 2.45) is 5.84 Å². The van der Waals surface area contributed by atoms with E-state index in [4.69, 9.17) is 10.7 Å². The Kier molecular flexibility index (Phi) is 2.91. The minimum atomic E-state index is 0.176. The lowest BCUT2D eigenvalue weighted by atomic mass is 10.5. The van der Waals surface area contributed by atoms with Gasteiger partial charge in [0.2, 0.25) is 0 Å². The molecule has 0 saturated carbocycles. The molecule has 0 unspecified atom stereocenters. The van der Waals surface area contributed by atoms with Gasteiger partial charge in [0.15, 0.2) is 0 Å². The van der Waals surface area contributed by atoms with Gasteiger partial charge >= 0.3 is 0 Å². The second kappa shape index (κ2) is 2.96. The van der Waals surface area contributed by atoms with E-state index in [0.29, 0.717) is 0 Å². The zero-order valence-electron chi connectivity index (χ0n) is 5.01. The highest BCUT2D eigenvalue weighted by molar-refractivity contribution is 4.28. The van der Waals surface area contributed by atoms with Gasteiger partial charge in [0.1, 0.15) is 0 Å². The van der Waals surface area contributed by atoms with Crippen LogP contribution in [0.25, 0.3) is 0 Å². The standard InChI is InChI=1S/C4H12N2O/c1-4(2)7-6(3)5/h4H,5H2,1-3H3. The Morgan fingerprint density at radius 2 is 2.00 bits per heavy atom. The lowest BCUT2D eigenvalue weighted by Crippen LogP contribution is -2.29. The molecular formula is C4H12N2O. The van der Waals surface area contributed by atoms with Crippen LogP contribution in [0.2, 0.25) is 0 Å². The van der Waals surface area contributed by atoms with Gasteiger partial charge in [-0.1, -0.05) is 0 Å². The van der Waals surface area contributed by atoms with E-state index in [9.17, 15) is 0 Å². The highest BCUT2D eigenvalue weighted by atomic mass is 16.7. The molecule has 0 aliphatic carbocycles. The number of hydroxylamine groups is 1. The van der Waals surface area contributed by atoms with Crippen LogP contribution in [0, 0.1) is 0 Å². The van der Waals surface area contributed by atoms with E-state index in [1.807, 2.05) is 13.8 Å². The van der Waals surface area contributed by atoms with Crippen LogP contribution < -0.4 is 5.84 Å². The van der Waals surface area contributed by atoms with Crippen LogP contribution in [-0.4, -0.2) is 18.3 Å². The molecule has 0 atom stereocenters. The maximum atomic E-state index is 5.10. The summed E-state index contributed by atoms with van der Waals surface area (Å²) in [6.07, 6.45) is 0.176. The third-order valence-electron chi connectivity index (χ3n) is 0.377. The molecule has 0 bridgehead atoms.